The predicted molar refractivity (Wildman–Crippen MR) is 86.8 cm³/mol. The van der Waals surface area contributed by atoms with Crippen molar-refractivity contribution >= 4 is 23.1 Å². The summed E-state index contributed by atoms with van der Waals surface area (Å²) in [5, 5.41) is 4.23. The second-order valence-corrected chi connectivity index (χ2v) is 5.61. The lowest BCUT2D eigenvalue weighted by Crippen LogP contribution is -2.18. The molecule has 20 heavy (non-hydrogen) atoms. The van der Waals surface area contributed by atoms with Gasteiger partial charge in [0, 0.05) is 25.2 Å². The van der Waals surface area contributed by atoms with Gasteiger partial charge in [-0.2, -0.15) is 0 Å². The van der Waals surface area contributed by atoms with E-state index in [0.717, 1.165) is 22.9 Å². The lowest BCUT2D eigenvalue weighted by atomic mass is 10.1. The molecule has 0 aliphatic rings. The van der Waals surface area contributed by atoms with E-state index in [9.17, 15) is 0 Å². The molecular formula is C16H20ClN3. The van der Waals surface area contributed by atoms with Crippen molar-refractivity contribution in [1.29, 1.82) is 0 Å². The van der Waals surface area contributed by atoms with Crippen LogP contribution in [0.15, 0.2) is 42.6 Å². The van der Waals surface area contributed by atoms with Gasteiger partial charge in [0.2, 0.25) is 0 Å². The van der Waals surface area contributed by atoms with Crippen LogP contribution in [0.1, 0.15) is 12.5 Å². The molecule has 1 N–H and O–H groups in total. The van der Waals surface area contributed by atoms with Gasteiger partial charge in [0.05, 0.1) is 11.9 Å². The van der Waals surface area contributed by atoms with E-state index in [1.807, 2.05) is 43.4 Å². The molecule has 0 radical (unpaired) electrons. The van der Waals surface area contributed by atoms with Crippen molar-refractivity contribution in [3.05, 3.63) is 53.2 Å². The highest BCUT2D eigenvalue weighted by atomic mass is 35.5. The molecule has 2 rings (SSSR count). The molecule has 0 aliphatic heterocycles. The van der Waals surface area contributed by atoms with Crippen LogP contribution in [0.3, 0.4) is 0 Å². The first-order chi connectivity index (χ1) is 9.54. The summed E-state index contributed by atoms with van der Waals surface area (Å²) in [5.41, 5.74) is 2.31. The second-order valence-electron chi connectivity index (χ2n) is 5.18. The maximum absolute atomic E-state index is 5.89. The Kier molecular flexibility index (Phi) is 4.85. The number of hydrogen-bond acceptors (Lipinski definition) is 3. The maximum Gasteiger partial charge on any atom is 0.128 e. The van der Waals surface area contributed by atoms with E-state index in [-0.39, 0.29) is 0 Å². The van der Waals surface area contributed by atoms with Crippen molar-refractivity contribution in [1.82, 2.24) is 4.98 Å². The quantitative estimate of drug-likeness (QED) is 0.906. The Balaban J connectivity index is 1.93. The van der Waals surface area contributed by atoms with Gasteiger partial charge in [0.15, 0.2) is 0 Å². The number of hydrogen-bond donors (Lipinski definition) is 1. The van der Waals surface area contributed by atoms with Crippen LogP contribution in [0.4, 0.5) is 11.5 Å². The van der Waals surface area contributed by atoms with E-state index in [1.54, 1.807) is 0 Å². The fourth-order valence-electron chi connectivity index (χ4n) is 2.05. The van der Waals surface area contributed by atoms with Gasteiger partial charge in [-0.25, -0.2) is 4.98 Å². The number of nitrogens with zero attached hydrogens (tertiary/aromatic N) is 2. The molecule has 0 spiro atoms. The van der Waals surface area contributed by atoms with Gasteiger partial charge >= 0.3 is 0 Å². The van der Waals surface area contributed by atoms with Gasteiger partial charge in [0.25, 0.3) is 0 Å². The SMILES string of the molecule is CC(Cc1ccc(Cl)cc1)Nc1ccc(N(C)C)nc1. The van der Waals surface area contributed by atoms with Gasteiger partial charge in [-0.05, 0) is 43.2 Å². The third-order valence-corrected chi connectivity index (χ3v) is 3.33. The number of rotatable bonds is 5. The standard InChI is InChI=1S/C16H20ClN3/c1-12(10-13-4-6-14(17)7-5-13)19-15-8-9-16(18-11-15)20(2)3/h4-9,11-12,19H,10H2,1-3H3. The molecule has 1 atom stereocenters. The Morgan fingerprint density at radius 3 is 2.40 bits per heavy atom. The molecule has 0 fully saturated rings. The average molecular weight is 290 g/mol. The highest BCUT2D eigenvalue weighted by Crippen LogP contribution is 2.15. The average Bonchev–Trinajstić information content (AvgIpc) is 2.42. The van der Waals surface area contributed by atoms with E-state index in [0.29, 0.717) is 6.04 Å². The zero-order chi connectivity index (χ0) is 14.5. The molecule has 1 aromatic carbocycles. The van der Waals surface area contributed by atoms with Crippen molar-refractivity contribution in [2.24, 2.45) is 0 Å². The van der Waals surface area contributed by atoms with E-state index in [2.05, 4.69) is 35.4 Å². The lowest BCUT2D eigenvalue weighted by Gasteiger charge is -2.16. The minimum atomic E-state index is 0.336. The summed E-state index contributed by atoms with van der Waals surface area (Å²) in [6, 6.07) is 12.4. The van der Waals surface area contributed by atoms with Gasteiger partial charge in [-0.3, -0.25) is 0 Å². The summed E-state index contributed by atoms with van der Waals surface area (Å²) in [5.74, 6) is 0.959. The van der Waals surface area contributed by atoms with Crippen LogP contribution in [0.2, 0.25) is 5.02 Å². The van der Waals surface area contributed by atoms with E-state index < -0.39 is 0 Å². The third-order valence-electron chi connectivity index (χ3n) is 3.07. The number of halogens is 1. The zero-order valence-electron chi connectivity index (χ0n) is 12.1. The van der Waals surface area contributed by atoms with Gasteiger partial charge in [-0.15, -0.1) is 0 Å². The normalized spacial score (nSPS) is 12.0. The van der Waals surface area contributed by atoms with Crippen LogP contribution in [0, 0.1) is 0 Å². The highest BCUT2D eigenvalue weighted by Gasteiger charge is 2.05. The smallest absolute Gasteiger partial charge is 0.128 e. The van der Waals surface area contributed by atoms with Crippen molar-refractivity contribution in [2.75, 3.05) is 24.3 Å². The lowest BCUT2D eigenvalue weighted by molar-refractivity contribution is 0.789. The summed E-state index contributed by atoms with van der Waals surface area (Å²) in [6.07, 6.45) is 2.82. The molecule has 0 bridgehead atoms. The zero-order valence-corrected chi connectivity index (χ0v) is 12.9. The van der Waals surface area contributed by atoms with Crippen molar-refractivity contribution in [2.45, 2.75) is 19.4 Å². The van der Waals surface area contributed by atoms with Gasteiger partial charge < -0.3 is 10.2 Å². The Labute approximate surface area is 125 Å². The Hall–Kier alpha value is -1.74. The van der Waals surface area contributed by atoms with Crippen molar-refractivity contribution in [3.8, 4) is 0 Å². The Bertz CT molecular complexity index is 535. The number of aromatic nitrogens is 1. The van der Waals surface area contributed by atoms with Crippen LogP contribution in [-0.2, 0) is 6.42 Å². The molecule has 0 saturated carbocycles. The van der Waals surface area contributed by atoms with Crippen LogP contribution in [0.25, 0.3) is 0 Å². The summed E-state index contributed by atoms with van der Waals surface area (Å²) in [6.45, 7) is 2.16. The largest absolute Gasteiger partial charge is 0.381 e. The van der Waals surface area contributed by atoms with Crippen molar-refractivity contribution < 1.29 is 0 Å². The van der Waals surface area contributed by atoms with E-state index in [1.165, 1.54) is 5.56 Å². The van der Waals surface area contributed by atoms with Crippen LogP contribution < -0.4 is 10.2 Å². The molecule has 3 nitrogen and oxygen atoms in total. The first-order valence-electron chi connectivity index (χ1n) is 6.69. The molecule has 1 heterocycles. The van der Waals surface area contributed by atoms with Crippen molar-refractivity contribution in [3.63, 3.8) is 0 Å². The van der Waals surface area contributed by atoms with Gasteiger partial charge in [0.1, 0.15) is 5.82 Å². The van der Waals surface area contributed by atoms with E-state index >= 15 is 0 Å². The molecule has 4 heteroatoms. The molecule has 1 aromatic heterocycles. The fourth-order valence-corrected chi connectivity index (χ4v) is 2.17. The fraction of sp³-hybridized carbons (Fsp3) is 0.312. The minimum Gasteiger partial charge on any atom is -0.381 e. The molecule has 2 aromatic rings. The number of pyridine rings is 1. The van der Waals surface area contributed by atoms with Crippen LogP contribution in [0.5, 0.6) is 0 Å². The second kappa shape index (κ2) is 6.62. The first kappa shape index (κ1) is 14.7. The molecular weight excluding hydrogens is 270 g/mol. The summed E-state index contributed by atoms with van der Waals surface area (Å²) >= 11 is 5.89. The van der Waals surface area contributed by atoms with Crippen LogP contribution >= 0.6 is 11.6 Å². The first-order valence-corrected chi connectivity index (χ1v) is 7.07. The minimum absolute atomic E-state index is 0.336. The third kappa shape index (κ3) is 4.14. The monoisotopic (exact) mass is 289 g/mol. The van der Waals surface area contributed by atoms with E-state index in [4.69, 9.17) is 11.6 Å². The number of nitrogens with one attached hydrogen (secondary N) is 1. The highest BCUT2D eigenvalue weighted by molar-refractivity contribution is 6.30. The molecule has 0 saturated heterocycles. The Morgan fingerprint density at radius 1 is 1.15 bits per heavy atom. The summed E-state index contributed by atoms with van der Waals surface area (Å²) < 4.78 is 0. The van der Waals surface area contributed by atoms with Crippen LogP contribution in [-0.4, -0.2) is 25.1 Å². The van der Waals surface area contributed by atoms with Gasteiger partial charge in [-0.1, -0.05) is 23.7 Å². The molecule has 106 valence electrons. The summed E-state index contributed by atoms with van der Waals surface area (Å²) in [7, 11) is 3.97. The number of benzene rings is 1. The molecule has 1 unspecified atom stereocenters. The molecule has 0 amide bonds. The Morgan fingerprint density at radius 2 is 1.85 bits per heavy atom. The topological polar surface area (TPSA) is 28.2 Å². The maximum atomic E-state index is 5.89. The molecule has 0 aliphatic carbocycles. The number of anilines is 2. The predicted octanol–water partition coefficient (Wildman–Crippen LogP) is 3.84. The summed E-state index contributed by atoms with van der Waals surface area (Å²) in [4.78, 5) is 6.38.